The third kappa shape index (κ3) is 4.08. The van der Waals surface area contributed by atoms with Gasteiger partial charge in [0, 0.05) is 50.1 Å². The molecule has 1 saturated heterocycles. The van der Waals surface area contributed by atoms with Gasteiger partial charge in [-0.15, -0.1) is 0 Å². The highest BCUT2D eigenvalue weighted by atomic mass is 16.5. The van der Waals surface area contributed by atoms with Crippen LogP contribution < -0.4 is 15.0 Å². The van der Waals surface area contributed by atoms with E-state index < -0.39 is 0 Å². The fourth-order valence-electron chi connectivity index (χ4n) is 3.31. The average molecular weight is 340 g/mol. The molecule has 0 saturated carbocycles. The number of hydrogen-bond acceptors (Lipinski definition) is 6. The molecule has 2 aliphatic rings. The van der Waals surface area contributed by atoms with Crippen LogP contribution in [0.4, 0.5) is 5.95 Å². The maximum Gasteiger partial charge on any atom is 0.225 e. The fourth-order valence-corrected chi connectivity index (χ4v) is 3.31. The number of rotatable bonds is 5. The molecule has 6 nitrogen and oxygen atoms in total. The molecule has 132 valence electrons. The first-order valence-corrected chi connectivity index (χ1v) is 8.93. The second-order valence-corrected chi connectivity index (χ2v) is 6.61. The fraction of sp³-hybridized carbons (Fsp3) is 0.474. The zero-order valence-electron chi connectivity index (χ0n) is 14.4. The molecule has 6 heteroatoms. The van der Waals surface area contributed by atoms with Crippen LogP contribution in [0.1, 0.15) is 11.1 Å². The van der Waals surface area contributed by atoms with Crippen molar-refractivity contribution in [1.82, 2.24) is 15.3 Å². The number of para-hydroxylation sites is 1. The lowest BCUT2D eigenvalue weighted by Gasteiger charge is -2.26. The van der Waals surface area contributed by atoms with Crippen LogP contribution in [0.2, 0.25) is 0 Å². The quantitative estimate of drug-likeness (QED) is 0.893. The lowest BCUT2D eigenvalue weighted by molar-refractivity contribution is 0.122. The lowest BCUT2D eigenvalue weighted by atomic mass is 9.97. The van der Waals surface area contributed by atoms with Crippen LogP contribution in [-0.4, -0.2) is 49.4 Å². The monoisotopic (exact) mass is 340 g/mol. The molecule has 1 atom stereocenters. The van der Waals surface area contributed by atoms with E-state index in [0.29, 0.717) is 5.92 Å². The van der Waals surface area contributed by atoms with Gasteiger partial charge in [0.15, 0.2) is 0 Å². The Kier molecular flexibility index (Phi) is 5.09. The summed E-state index contributed by atoms with van der Waals surface area (Å²) in [6, 6.07) is 8.30. The summed E-state index contributed by atoms with van der Waals surface area (Å²) in [6.45, 7) is 5.71. The first-order chi connectivity index (χ1) is 12.4. The molecule has 0 aliphatic carbocycles. The van der Waals surface area contributed by atoms with E-state index in [2.05, 4.69) is 32.3 Å². The normalized spacial score (nSPS) is 20.0. The summed E-state index contributed by atoms with van der Waals surface area (Å²) in [6.07, 6.45) is 4.89. The third-order valence-corrected chi connectivity index (χ3v) is 4.70. The molecule has 1 fully saturated rings. The summed E-state index contributed by atoms with van der Waals surface area (Å²) in [4.78, 5) is 11.1. The predicted molar refractivity (Wildman–Crippen MR) is 95.9 cm³/mol. The molecule has 2 aliphatic heterocycles. The summed E-state index contributed by atoms with van der Waals surface area (Å²) in [5.74, 6) is 2.33. The van der Waals surface area contributed by atoms with E-state index in [9.17, 15) is 0 Å². The smallest absolute Gasteiger partial charge is 0.225 e. The van der Waals surface area contributed by atoms with Gasteiger partial charge in [-0.25, -0.2) is 9.97 Å². The van der Waals surface area contributed by atoms with Crippen molar-refractivity contribution in [3.8, 4) is 5.75 Å². The van der Waals surface area contributed by atoms with Gasteiger partial charge in [-0.2, -0.15) is 0 Å². The number of morpholine rings is 1. The maximum absolute atomic E-state index is 5.84. The van der Waals surface area contributed by atoms with Gasteiger partial charge in [-0.3, -0.25) is 0 Å². The van der Waals surface area contributed by atoms with Crippen molar-refractivity contribution in [2.24, 2.45) is 5.92 Å². The number of nitrogens with zero attached hydrogens (tertiary/aromatic N) is 3. The molecular weight excluding hydrogens is 316 g/mol. The van der Waals surface area contributed by atoms with Crippen molar-refractivity contribution in [3.05, 3.63) is 47.8 Å². The number of ether oxygens (including phenoxy) is 2. The van der Waals surface area contributed by atoms with E-state index in [-0.39, 0.29) is 0 Å². The number of benzene rings is 1. The molecule has 0 bridgehead atoms. The molecule has 3 heterocycles. The van der Waals surface area contributed by atoms with Gasteiger partial charge >= 0.3 is 0 Å². The third-order valence-electron chi connectivity index (χ3n) is 4.70. The summed E-state index contributed by atoms with van der Waals surface area (Å²) in [5, 5.41) is 3.51. The van der Waals surface area contributed by atoms with Crippen molar-refractivity contribution >= 4 is 5.95 Å². The number of aromatic nitrogens is 2. The van der Waals surface area contributed by atoms with Crippen LogP contribution in [-0.2, 0) is 17.7 Å². The minimum atomic E-state index is 0.503. The molecule has 0 amide bonds. The van der Waals surface area contributed by atoms with Gasteiger partial charge in [-0.1, -0.05) is 18.2 Å². The highest BCUT2D eigenvalue weighted by molar-refractivity contribution is 5.35. The molecular formula is C19H24N4O2. The highest BCUT2D eigenvalue weighted by Gasteiger charge is 2.19. The molecule has 1 aromatic heterocycles. The summed E-state index contributed by atoms with van der Waals surface area (Å²) in [7, 11) is 0. The van der Waals surface area contributed by atoms with E-state index in [1.807, 2.05) is 24.5 Å². The Hall–Kier alpha value is -2.18. The van der Waals surface area contributed by atoms with Crippen molar-refractivity contribution in [2.45, 2.75) is 13.0 Å². The Labute approximate surface area is 148 Å². The van der Waals surface area contributed by atoms with Crippen molar-refractivity contribution < 1.29 is 9.47 Å². The second-order valence-electron chi connectivity index (χ2n) is 6.61. The van der Waals surface area contributed by atoms with Gasteiger partial charge in [0.05, 0.1) is 19.8 Å². The Morgan fingerprint density at radius 3 is 2.76 bits per heavy atom. The number of anilines is 1. The Balaban J connectivity index is 1.25. The SMILES string of the molecule is c1ccc2c(c1)C[C@H](CNCc1cnc(N3CCOCC3)nc1)CO2. The van der Waals surface area contributed by atoms with Crippen LogP contribution in [0.25, 0.3) is 0 Å². The first-order valence-electron chi connectivity index (χ1n) is 8.93. The molecule has 0 spiro atoms. The lowest BCUT2D eigenvalue weighted by Crippen LogP contribution is -2.37. The maximum atomic E-state index is 5.84. The molecule has 4 rings (SSSR count). The summed E-state index contributed by atoms with van der Waals surface area (Å²) in [5.41, 5.74) is 2.41. The largest absolute Gasteiger partial charge is 0.493 e. The Bertz CT molecular complexity index is 686. The average Bonchev–Trinajstić information content (AvgIpc) is 2.69. The number of fused-ring (bicyclic) bond motifs is 1. The van der Waals surface area contributed by atoms with E-state index in [4.69, 9.17) is 9.47 Å². The molecule has 25 heavy (non-hydrogen) atoms. The van der Waals surface area contributed by atoms with E-state index in [1.54, 1.807) is 0 Å². The minimum absolute atomic E-state index is 0.503. The zero-order chi connectivity index (χ0) is 16.9. The molecule has 0 radical (unpaired) electrons. The first kappa shape index (κ1) is 16.3. The van der Waals surface area contributed by atoms with Crippen molar-refractivity contribution in [1.29, 1.82) is 0 Å². The van der Waals surface area contributed by atoms with E-state index in [1.165, 1.54) is 5.56 Å². The van der Waals surface area contributed by atoms with Gasteiger partial charge < -0.3 is 19.7 Å². The molecule has 2 aromatic rings. The van der Waals surface area contributed by atoms with Crippen LogP contribution in [0.3, 0.4) is 0 Å². The van der Waals surface area contributed by atoms with E-state index >= 15 is 0 Å². The predicted octanol–water partition coefficient (Wildman–Crippen LogP) is 1.65. The van der Waals surface area contributed by atoms with Crippen LogP contribution in [0.15, 0.2) is 36.7 Å². The number of nitrogens with one attached hydrogen (secondary N) is 1. The highest BCUT2D eigenvalue weighted by Crippen LogP contribution is 2.26. The van der Waals surface area contributed by atoms with Gasteiger partial charge in [0.2, 0.25) is 5.95 Å². The summed E-state index contributed by atoms with van der Waals surface area (Å²) < 4.78 is 11.2. The standard InChI is InChI=1S/C19H24N4O2/c1-2-4-18-17(3-1)9-15(14-25-18)10-20-11-16-12-21-19(22-13-16)23-5-7-24-8-6-23/h1-4,12-13,15,20H,5-11,14H2/t15-/m1/s1. The molecule has 1 N–H and O–H groups in total. The van der Waals surface area contributed by atoms with Crippen molar-refractivity contribution in [2.75, 3.05) is 44.4 Å². The summed E-state index contributed by atoms with van der Waals surface area (Å²) >= 11 is 0. The Morgan fingerprint density at radius 2 is 1.92 bits per heavy atom. The molecule has 0 unspecified atom stereocenters. The van der Waals surface area contributed by atoms with Crippen molar-refractivity contribution in [3.63, 3.8) is 0 Å². The Morgan fingerprint density at radius 1 is 1.12 bits per heavy atom. The van der Waals surface area contributed by atoms with Gasteiger partial charge in [0.1, 0.15) is 5.75 Å². The minimum Gasteiger partial charge on any atom is -0.493 e. The topological polar surface area (TPSA) is 59.5 Å². The number of hydrogen-bond donors (Lipinski definition) is 1. The second kappa shape index (κ2) is 7.80. The van der Waals surface area contributed by atoms with Gasteiger partial charge in [0.25, 0.3) is 0 Å². The van der Waals surface area contributed by atoms with Crippen LogP contribution >= 0.6 is 0 Å². The van der Waals surface area contributed by atoms with Gasteiger partial charge in [-0.05, 0) is 18.1 Å². The zero-order valence-corrected chi connectivity index (χ0v) is 14.4. The van der Waals surface area contributed by atoms with E-state index in [0.717, 1.165) is 69.7 Å². The van der Waals surface area contributed by atoms with Crippen LogP contribution in [0, 0.1) is 5.92 Å². The van der Waals surface area contributed by atoms with Crippen LogP contribution in [0.5, 0.6) is 5.75 Å². The molecule has 1 aromatic carbocycles.